The third kappa shape index (κ3) is 4.85. The van der Waals surface area contributed by atoms with Crippen molar-refractivity contribution in [2.45, 2.75) is 20.5 Å². The number of amides is 1. The van der Waals surface area contributed by atoms with Crippen molar-refractivity contribution in [3.05, 3.63) is 89.3 Å². The molecule has 138 valence electrons. The molecule has 0 fully saturated rings. The quantitative estimate of drug-likeness (QED) is 0.707. The Labute approximate surface area is 159 Å². The molecule has 0 atom stereocenters. The van der Waals surface area contributed by atoms with Crippen LogP contribution in [0.4, 0.5) is 4.79 Å². The number of carbonyl (C=O) groups is 1. The van der Waals surface area contributed by atoms with Gasteiger partial charge >= 0.3 is 6.09 Å². The Morgan fingerprint density at radius 1 is 1.07 bits per heavy atom. The van der Waals surface area contributed by atoms with Crippen LogP contribution in [0, 0.1) is 13.8 Å². The summed E-state index contributed by atoms with van der Waals surface area (Å²) < 4.78 is 7.12. The second kappa shape index (κ2) is 8.85. The maximum Gasteiger partial charge on any atom is 0.407 e. The van der Waals surface area contributed by atoms with Crippen molar-refractivity contribution in [1.82, 2.24) is 15.1 Å². The van der Waals surface area contributed by atoms with Crippen LogP contribution in [0.2, 0.25) is 0 Å². The van der Waals surface area contributed by atoms with Gasteiger partial charge in [-0.15, -0.1) is 0 Å². The molecule has 1 aromatic heterocycles. The second-order valence-corrected chi connectivity index (χ2v) is 6.18. The van der Waals surface area contributed by atoms with Gasteiger partial charge in [0.2, 0.25) is 0 Å². The molecule has 27 heavy (non-hydrogen) atoms. The Balaban J connectivity index is 1.54. The number of nitrogens with one attached hydrogen (secondary N) is 1. The third-order valence-electron chi connectivity index (χ3n) is 4.21. The lowest BCUT2D eigenvalue weighted by molar-refractivity contribution is 0.141. The van der Waals surface area contributed by atoms with Crippen LogP contribution in [0.25, 0.3) is 11.8 Å². The fourth-order valence-corrected chi connectivity index (χ4v) is 2.81. The smallest absolute Gasteiger partial charge is 0.407 e. The first-order valence-electron chi connectivity index (χ1n) is 8.88. The topological polar surface area (TPSA) is 56.2 Å². The number of ether oxygens (including phenoxy) is 1. The van der Waals surface area contributed by atoms with Gasteiger partial charge in [0, 0.05) is 17.8 Å². The van der Waals surface area contributed by atoms with E-state index in [9.17, 15) is 4.79 Å². The molecular formula is C22H23N3O2. The van der Waals surface area contributed by atoms with Crippen LogP contribution in [0.15, 0.2) is 66.7 Å². The number of para-hydroxylation sites is 1. The van der Waals surface area contributed by atoms with Crippen molar-refractivity contribution in [1.29, 1.82) is 0 Å². The van der Waals surface area contributed by atoms with E-state index in [1.807, 2.05) is 91.3 Å². The van der Waals surface area contributed by atoms with E-state index in [0.717, 1.165) is 28.2 Å². The van der Waals surface area contributed by atoms with Crippen molar-refractivity contribution in [3.63, 3.8) is 0 Å². The number of aryl methyl sites for hydroxylation is 1. The molecule has 0 aliphatic carbocycles. The van der Waals surface area contributed by atoms with Gasteiger partial charge in [0.1, 0.15) is 6.61 Å². The molecule has 0 radical (unpaired) electrons. The fraction of sp³-hybridized carbons (Fsp3) is 0.182. The van der Waals surface area contributed by atoms with E-state index in [1.54, 1.807) is 0 Å². The van der Waals surface area contributed by atoms with E-state index in [2.05, 4.69) is 10.4 Å². The zero-order valence-electron chi connectivity index (χ0n) is 15.6. The van der Waals surface area contributed by atoms with Crippen LogP contribution in [-0.4, -0.2) is 22.4 Å². The van der Waals surface area contributed by atoms with E-state index in [1.165, 1.54) is 0 Å². The van der Waals surface area contributed by atoms with Gasteiger partial charge in [0.25, 0.3) is 0 Å². The Hall–Kier alpha value is -3.34. The van der Waals surface area contributed by atoms with Gasteiger partial charge < -0.3 is 10.1 Å². The highest BCUT2D eigenvalue weighted by Crippen LogP contribution is 2.18. The van der Waals surface area contributed by atoms with Gasteiger partial charge in [-0.2, -0.15) is 5.10 Å². The number of nitrogens with zero attached hydrogens (tertiary/aromatic N) is 2. The first-order chi connectivity index (χ1) is 13.1. The molecule has 0 aliphatic heterocycles. The van der Waals surface area contributed by atoms with Crippen LogP contribution < -0.4 is 5.32 Å². The van der Waals surface area contributed by atoms with Gasteiger partial charge in [0.05, 0.1) is 11.4 Å². The summed E-state index contributed by atoms with van der Waals surface area (Å²) in [5.74, 6) is 0. The molecule has 0 bridgehead atoms. The summed E-state index contributed by atoms with van der Waals surface area (Å²) in [7, 11) is 0. The largest absolute Gasteiger partial charge is 0.445 e. The monoisotopic (exact) mass is 361 g/mol. The number of hydrogen-bond donors (Lipinski definition) is 1. The summed E-state index contributed by atoms with van der Waals surface area (Å²) in [5, 5.41) is 7.34. The van der Waals surface area contributed by atoms with E-state index >= 15 is 0 Å². The van der Waals surface area contributed by atoms with Crippen LogP contribution in [0.5, 0.6) is 0 Å². The Bertz CT molecular complexity index is 915. The minimum Gasteiger partial charge on any atom is -0.445 e. The van der Waals surface area contributed by atoms with Crippen molar-refractivity contribution in [2.24, 2.45) is 0 Å². The lowest BCUT2D eigenvalue weighted by Crippen LogP contribution is -2.24. The van der Waals surface area contributed by atoms with E-state index in [-0.39, 0.29) is 6.61 Å². The SMILES string of the molecule is Cc1nn(-c2ccccc2)c(C)c1C=CCNC(=O)OCc1ccccc1. The molecule has 0 saturated carbocycles. The zero-order chi connectivity index (χ0) is 19.1. The summed E-state index contributed by atoms with van der Waals surface area (Å²) in [6.07, 6.45) is 3.45. The first kappa shape index (κ1) is 18.5. The molecule has 3 aromatic rings. The molecule has 0 saturated heterocycles. The zero-order valence-corrected chi connectivity index (χ0v) is 15.6. The molecule has 3 rings (SSSR count). The minimum atomic E-state index is -0.433. The van der Waals surface area contributed by atoms with Crippen LogP contribution >= 0.6 is 0 Å². The predicted octanol–water partition coefficient (Wildman–Crippen LogP) is 4.43. The van der Waals surface area contributed by atoms with Crippen LogP contribution in [-0.2, 0) is 11.3 Å². The number of hydrogen-bond acceptors (Lipinski definition) is 3. The molecule has 5 nitrogen and oxygen atoms in total. The van der Waals surface area contributed by atoms with Gasteiger partial charge in [-0.05, 0) is 31.5 Å². The average Bonchev–Trinajstić information content (AvgIpc) is 2.99. The Morgan fingerprint density at radius 2 is 1.74 bits per heavy atom. The lowest BCUT2D eigenvalue weighted by atomic mass is 10.2. The minimum absolute atomic E-state index is 0.262. The maximum atomic E-state index is 11.8. The average molecular weight is 361 g/mol. The molecule has 5 heteroatoms. The highest BCUT2D eigenvalue weighted by molar-refractivity contribution is 5.67. The van der Waals surface area contributed by atoms with E-state index in [4.69, 9.17) is 4.74 Å². The predicted molar refractivity (Wildman–Crippen MR) is 107 cm³/mol. The summed E-state index contributed by atoms with van der Waals surface area (Å²) in [6, 6.07) is 19.6. The highest BCUT2D eigenvalue weighted by atomic mass is 16.5. The summed E-state index contributed by atoms with van der Waals surface area (Å²) in [5.41, 5.74) is 5.04. The summed E-state index contributed by atoms with van der Waals surface area (Å²) in [4.78, 5) is 11.8. The molecule has 0 aliphatic rings. The molecule has 1 amide bonds. The molecule has 0 unspecified atom stereocenters. The maximum absolute atomic E-state index is 11.8. The van der Waals surface area contributed by atoms with Crippen LogP contribution in [0.3, 0.4) is 0 Å². The summed E-state index contributed by atoms with van der Waals surface area (Å²) >= 11 is 0. The molecule has 2 aromatic carbocycles. The number of alkyl carbamates (subject to hydrolysis) is 1. The van der Waals surface area contributed by atoms with Gasteiger partial charge in [0.15, 0.2) is 0 Å². The third-order valence-corrected chi connectivity index (χ3v) is 4.21. The molecule has 1 heterocycles. The van der Waals surface area contributed by atoms with Gasteiger partial charge in [-0.25, -0.2) is 9.48 Å². The molecule has 0 spiro atoms. The van der Waals surface area contributed by atoms with Crippen molar-refractivity contribution in [2.75, 3.05) is 6.54 Å². The first-order valence-corrected chi connectivity index (χ1v) is 8.88. The van der Waals surface area contributed by atoms with E-state index in [0.29, 0.717) is 6.54 Å². The summed E-state index contributed by atoms with van der Waals surface area (Å²) in [6.45, 7) is 4.67. The van der Waals surface area contributed by atoms with E-state index < -0.39 is 6.09 Å². The van der Waals surface area contributed by atoms with Crippen molar-refractivity contribution in [3.8, 4) is 5.69 Å². The van der Waals surface area contributed by atoms with Gasteiger partial charge in [-0.1, -0.05) is 60.7 Å². The van der Waals surface area contributed by atoms with Crippen LogP contribution in [0.1, 0.15) is 22.5 Å². The lowest BCUT2D eigenvalue weighted by Gasteiger charge is -2.05. The number of carbonyl (C=O) groups excluding carboxylic acids is 1. The van der Waals surface area contributed by atoms with Gasteiger partial charge in [-0.3, -0.25) is 0 Å². The molecular weight excluding hydrogens is 338 g/mol. The number of benzene rings is 2. The Kier molecular flexibility index (Phi) is 6.05. The fourth-order valence-electron chi connectivity index (χ4n) is 2.81. The standard InChI is InChI=1S/C22H23N3O2/c1-17-21(18(2)25(24-17)20-12-7-4-8-13-20)14-9-15-23-22(26)27-16-19-10-5-3-6-11-19/h3-14H,15-16H2,1-2H3,(H,23,26). The second-order valence-electron chi connectivity index (χ2n) is 6.18. The normalized spacial score (nSPS) is 10.9. The molecule has 1 N–H and O–H groups in total. The Morgan fingerprint density at radius 3 is 2.44 bits per heavy atom. The van der Waals surface area contributed by atoms with Crippen molar-refractivity contribution < 1.29 is 9.53 Å². The number of aromatic nitrogens is 2. The number of rotatable bonds is 6. The highest BCUT2D eigenvalue weighted by Gasteiger charge is 2.10. The van der Waals surface area contributed by atoms with Crippen molar-refractivity contribution >= 4 is 12.2 Å².